The third kappa shape index (κ3) is 2.72. The fourth-order valence-electron chi connectivity index (χ4n) is 3.24. The van der Waals surface area contributed by atoms with Crippen LogP contribution in [0.1, 0.15) is 30.9 Å². The van der Waals surface area contributed by atoms with Crippen LogP contribution in [-0.2, 0) is 22.3 Å². The van der Waals surface area contributed by atoms with Gasteiger partial charge in [-0.15, -0.1) is 0 Å². The van der Waals surface area contributed by atoms with Gasteiger partial charge >= 0.3 is 12.1 Å². The fraction of sp³-hybridized carbons (Fsp3) is 0.467. The number of hydrogen-bond donors (Lipinski definition) is 1. The van der Waals surface area contributed by atoms with Crippen LogP contribution in [0.3, 0.4) is 0 Å². The summed E-state index contributed by atoms with van der Waals surface area (Å²) in [5, 5.41) is 0. The van der Waals surface area contributed by atoms with Crippen LogP contribution in [-0.4, -0.2) is 28.9 Å². The molecule has 2 atom stereocenters. The van der Waals surface area contributed by atoms with Gasteiger partial charge in [-0.1, -0.05) is 18.2 Å². The number of carbonyl (C=O) groups excluding carboxylic acids is 2. The van der Waals surface area contributed by atoms with Crippen molar-refractivity contribution in [3.8, 4) is 0 Å². The maximum atomic E-state index is 13.1. The average Bonchev–Trinajstić information content (AvgIpc) is 2.76. The van der Waals surface area contributed by atoms with Crippen LogP contribution in [0.25, 0.3) is 0 Å². The van der Waals surface area contributed by atoms with E-state index in [0.29, 0.717) is 0 Å². The van der Waals surface area contributed by atoms with E-state index in [9.17, 15) is 22.8 Å². The Hall–Kier alpha value is -1.89. The summed E-state index contributed by atoms with van der Waals surface area (Å²) in [5.41, 5.74) is 4.60. The van der Waals surface area contributed by atoms with Gasteiger partial charge in [-0.05, 0) is 13.0 Å². The highest BCUT2D eigenvalue weighted by atomic mass is 19.4. The van der Waals surface area contributed by atoms with E-state index < -0.39 is 23.7 Å². The maximum absolute atomic E-state index is 13.1. The predicted octanol–water partition coefficient (Wildman–Crippen LogP) is 2.22. The number of likely N-dealkylation sites (tertiary alicyclic amines) is 1. The van der Waals surface area contributed by atoms with Crippen molar-refractivity contribution in [1.29, 1.82) is 0 Å². The zero-order chi connectivity index (χ0) is 16.5. The Balaban J connectivity index is 2.47. The Bertz CT molecular complexity index is 601. The molecule has 7 heteroatoms. The van der Waals surface area contributed by atoms with Gasteiger partial charge in [0.05, 0.1) is 18.5 Å². The number of benzene rings is 1. The van der Waals surface area contributed by atoms with Crippen LogP contribution in [0.15, 0.2) is 24.3 Å². The average molecular weight is 315 g/mol. The van der Waals surface area contributed by atoms with E-state index >= 15 is 0 Å². The second kappa shape index (κ2) is 5.72. The van der Waals surface area contributed by atoms with Crippen LogP contribution in [0.5, 0.6) is 0 Å². The van der Waals surface area contributed by atoms with Crippen LogP contribution < -0.4 is 5.73 Å². The lowest BCUT2D eigenvalue weighted by Crippen LogP contribution is -2.58. The van der Waals surface area contributed by atoms with Crippen molar-refractivity contribution in [2.45, 2.75) is 38.5 Å². The standard InChI is InChI=1S/C15H17F3N2O2/c1-2-20(12(14(19)22)7-8-13(20)21)9-10-5-3-4-6-11(10)15(16,17)18/h3-6,12H,2,7-9H2,1H3,(H-,19,22)/p+1/t12-,20?/m0/s1. The van der Waals surface area contributed by atoms with Gasteiger partial charge in [0.15, 0.2) is 6.04 Å². The lowest BCUT2D eigenvalue weighted by Gasteiger charge is -2.35. The van der Waals surface area contributed by atoms with E-state index in [1.54, 1.807) is 6.92 Å². The highest BCUT2D eigenvalue weighted by Gasteiger charge is 2.52. The molecule has 0 aliphatic carbocycles. The quantitative estimate of drug-likeness (QED) is 0.866. The number of amides is 2. The van der Waals surface area contributed by atoms with E-state index in [2.05, 4.69) is 0 Å². The predicted molar refractivity (Wildman–Crippen MR) is 73.2 cm³/mol. The van der Waals surface area contributed by atoms with Gasteiger partial charge in [-0.2, -0.15) is 13.2 Å². The van der Waals surface area contributed by atoms with Gasteiger partial charge in [0.25, 0.3) is 5.91 Å². The van der Waals surface area contributed by atoms with Gasteiger partial charge in [0, 0.05) is 12.0 Å². The number of primary amides is 1. The SMILES string of the molecule is CC[N+]1(Cc2ccccc2C(F)(F)F)C(=O)CC[C@H]1C(N)=O. The number of carbonyl (C=O) groups is 2. The minimum absolute atomic E-state index is 0.0124. The number of quaternary nitrogens is 1. The molecule has 0 bridgehead atoms. The summed E-state index contributed by atoms with van der Waals surface area (Å²) in [6.45, 7) is 1.76. The van der Waals surface area contributed by atoms with Gasteiger partial charge in [0.2, 0.25) is 0 Å². The summed E-state index contributed by atoms with van der Waals surface area (Å²) in [5.74, 6) is -0.875. The number of halogens is 3. The molecule has 1 heterocycles. The zero-order valence-electron chi connectivity index (χ0n) is 12.2. The Morgan fingerprint density at radius 1 is 1.36 bits per heavy atom. The summed E-state index contributed by atoms with van der Waals surface area (Å²) >= 11 is 0. The first-order chi connectivity index (χ1) is 10.2. The summed E-state index contributed by atoms with van der Waals surface area (Å²) in [6.07, 6.45) is -4.05. The van der Waals surface area contributed by atoms with Crippen LogP contribution >= 0.6 is 0 Å². The molecule has 1 unspecified atom stereocenters. The van der Waals surface area contributed by atoms with Gasteiger partial charge in [-0.3, -0.25) is 4.79 Å². The van der Waals surface area contributed by atoms with Gasteiger partial charge in [-0.25, -0.2) is 9.28 Å². The van der Waals surface area contributed by atoms with Crippen molar-refractivity contribution in [3.05, 3.63) is 35.4 Å². The summed E-state index contributed by atoms with van der Waals surface area (Å²) in [6, 6.07) is 4.37. The molecule has 1 aromatic carbocycles. The molecule has 1 aliphatic heterocycles. The minimum atomic E-state index is -4.50. The first-order valence-electron chi connectivity index (χ1n) is 7.07. The van der Waals surface area contributed by atoms with Crippen molar-refractivity contribution in [3.63, 3.8) is 0 Å². The Morgan fingerprint density at radius 2 is 2.00 bits per heavy atom. The second-order valence-electron chi connectivity index (χ2n) is 5.51. The minimum Gasteiger partial charge on any atom is -0.364 e. The van der Waals surface area contributed by atoms with Crippen LogP contribution in [0.2, 0.25) is 0 Å². The lowest BCUT2D eigenvalue weighted by molar-refractivity contribution is -0.873. The number of likely N-dealkylation sites (N-methyl/N-ethyl adjacent to an activating group) is 1. The second-order valence-corrected chi connectivity index (χ2v) is 5.51. The van der Waals surface area contributed by atoms with E-state index in [0.717, 1.165) is 6.07 Å². The Morgan fingerprint density at radius 3 is 2.55 bits per heavy atom. The van der Waals surface area contributed by atoms with Crippen LogP contribution in [0.4, 0.5) is 13.2 Å². The smallest absolute Gasteiger partial charge is 0.364 e. The van der Waals surface area contributed by atoms with Crippen molar-refractivity contribution < 1.29 is 27.2 Å². The first kappa shape index (κ1) is 16.5. The van der Waals surface area contributed by atoms with E-state index in [1.807, 2.05) is 0 Å². The summed E-state index contributed by atoms with van der Waals surface area (Å²) < 4.78 is 39.0. The molecule has 2 N–H and O–H groups in total. The molecule has 1 aliphatic rings. The number of alkyl halides is 3. The molecule has 1 aromatic rings. The van der Waals surface area contributed by atoms with E-state index in [1.165, 1.54) is 18.2 Å². The van der Waals surface area contributed by atoms with Gasteiger partial charge in [0.1, 0.15) is 6.54 Å². The van der Waals surface area contributed by atoms with Crippen LogP contribution in [0, 0.1) is 0 Å². The summed E-state index contributed by atoms with van der Waals surface area (Å²) in [7, 11) is 0. The molecule has 1 saturated heterocycles. The molecule has 1 fully saturated rings. The first-order valence-corrected chi connectivity index (χ1v) is 7.07. The van der Waals surface area contributed by atoms with Crippen molar-refractivity contribution in [2.24, 2.45) is 5.73 Å². The lowest BCUT2D eigenvalue weighted by atomic mass is 10.0. The molecule has 0 radical (unpaired) electrons. The fourth-order valence-corrected chi connectivity index (χ4v) is 3.24. The molecule has 120 valence electrons. The maximum Gasteiger partial charge on any atom is 0.416 e. The largest absolute Gasteiger partial charge is 0.416 e. The molecular formula is C15H18F3N2O2+. The number of rotatable bonds is 4. The Labute approximate surface area is 126 Å². The topological polar surface area (TPSA) is 60.2 Å². The highest BCUT2D eigenvalue weighted by Crippen LogP contribution is 2.36. The molecular weight excluding hydrogens is 297 g/mol. The number of hydrogen-bond acceptors (Lipinski definition) is 2. The molecule has 0 saturated carbocycles. The third-order valence-electron chi connectivity index (χ3n) is 4.39. The van der Waals surface area contributed by atoms with Crippen molar-refractivity contribution in [2.75, 3.05) is 6.54 Å². The monoisotopic (exact) mass is 315 g/mol. The van der Waals surface area contributed by atoms with E-state index in [-0.39, 0.29) is 41.9 Å². The van der Waals surface area contributed by atoms with Gasteiger partial charge < -0.3 is 5.73 Å². The molecule has 4 nitrogen and oxygen atoms in total. The summed E-state index contributed by atoms with van der Waals surface area (Å²) in [4.78, 5) is 23.9. The molecule has 2 amide bonds. The van der Waals surface area contributed by atoms with Crippen molar-refractivity contribution in [1.82, 2.24) is 0 Å². The number of nitrogens with two attached hydrogens (primary N) is 1. The third-order valence-corrected chi connectivity index (χ3v) is 4.39. The molecule has 0 aromatic heterocycles. The Kier molecular flexibility index (Phi) is 4.28. The highest BCUT2D eigenvalue weighted by molar-refractivity contribution is 5.84. The molecule has 2 rings (SSSR count). The zero-order valence-corrected chi connectivity index (χ0v) is 12.2. The molecule has 22 heavy (non-hydrogen) atoms. The normalized spacial score (nSPS) is 25.5. The molecule has 0 spiro atoms. The van der Waals surface area contributed by atoms with E-state index in [4.69, 9.17) is 5.73 Å². The van der Waals surface area contributed by atoms with Crippen molar-refractivity contribution >= 4 is 11.8 Å². The number of nitrogens with zero attached hydrogens (tertiary/aromatic N) is 1.